The van der Waals surface area contributed by atoms with Crippen molar-refractivity contribution in [2.24, 2.45) is 0 Å². The third kappa shape index (κ3) is 9.43. The summed E-state index contributed by atoms with van der Waals surface area (Å²) in [4.78, 5) is 10.4. The summed E-state index contributed by atoms with van der Waals surface area (Å²) in [6, 6.07) is 0. The van der Waals surface area contributed by atoms with E-state index in [4.69, 9.17) is 4.74 Å². The van der Waals surface area contributed by atoms with Crippen LogP contribution < -0.4 is 5.32 Å². The highest BCUT2D eigenvalue weighted by Gasteiger charge is 1.91. The second kappa shape index (κ2) is 8.53. The first-order chi connectivity index (χ1) is 5.77. The molecule has 0 aliphatic heterocycles. The molecule has 3 nitrogen and oxygen atoms in total. The predicted octanol–water partition coefficient (Wildman–Crippen LogP) is 1.33. The van der Waals surface area contributed by atoms with Crippen molar-refractivity contribution in [3.8, 4) is 0 Å². The fourth-order valence-corrected chi connectivity index (χ4v) is 0.989. The third-order valence-electron chi connectivity index (χ3n) is 1.65. The van der Waals surface area contributed by atoms with Gasteiger partial charge in [-0.2, -0.15) is 0 Å². The fourth-order valence-electron chi connectivity index (χ4n) is 0.989. The molecule has 0 unspecified atom stereocenters. The van der Waals surface area contributed by atoms with E-state index in [9.17, 15) is 4.79 Å². The summed E-state index contributed by atoms with van der Waals surface area (Å²) in [7, 11) is 1.72. The topological polar surface area (TPSA) is 38.3 Å². The van der Waals surface area contributed by atoms with Gasteiger partial charge < -0.3 is 10.1 Å². The summed E-state index contributed by atoms with van der Waals surface area (Å²) >= 11 is 0. The lowest BCUT2D eigenvalue weighted by Gasteiger charge is -2.01. The van der Waals surface area contributed by atoms with E-state index in [-0.39, 0.29) is 5.91 Å². The van der Waals surface area contributed by atoms with Crippen LogP contribution >= 0.6 is 0 Å². The highest BCUT2D eigenvalue weighted by molar-refractivity contribution is 5.72. The standard InChI is InChI=1S/C9H19NO2/c1-9(11)10-7-5-3-4-6-8-12-2/h3-8H2,1-2H3,(H,10,11). The maximum atomic E-state index is 10.4. The van der Waals surface area contributed by atoms with Crippen LogP contribution in [0.25, 0.3) is 0 Å². The van der Waals surface area contributed by atoms with Crippen molar-refractivity contribution >= 4 is 5.91 Å². The van der Waals surface area contributed by atoms with Gasteiger partial charge in [-0.05, 0) is 12.8 Å². The van der Waals surface area contributed by atoms with Crippen molar-refractivity contribution in [3.05, 3.63) is 0 Å². The summed E-state index contributed by atoms with van der Waals surface area (Å²) in [5, 5.41) is 2.77. The van der Waals surface area contributed by atoms with Crippen LogP contribution in [0.4, 0.5) is 0 Å². The summed E-state index contributed by atoms with van der Waals surface area (Å²) < 4.78 is 4.92. The van der Waals surface area contributed by atoms with E-state index in [0.29, 0.717) is 0 Å². The van der Waals surface area contributed by atoms with Gasteiger partial charge in [-0.15, -0.1) is 0 Å². The minimum atomic E-state index is 0.0619. The average molecular weight is 173 g/mol. The lowest BCUT2D eigenvalue weighted by molar-refractivity contribution is -0.118. The van der Waals surface area contributed by atoms with E-state index in [2.05, 4.69) is 5.32 Å². The zero-order valence-electron chi connectivity index (χ0n) is 8.06. The molecule has 0 aromatic rings. The summed E-state index contributed by atoms with van der Waals surface area (Å²) in [6.45, 7) is 3.20. The van der Waals surface area contributed by atoms with Gasteiger partial charge in [-0.25, -0.2) is 0 Å². The number of ether oxygens (including phenoxy) is 1. The molecule has 0 saturated carbocycles. The van der Waals surface area contributed by atoms with Gasteiger partial charge in [0.25, 0.3) is 0 Å². The van der Waals surface area contributed by atoms with E-state index in [0.717, 1.165) is 26.0 Å². The smallest absolute Gasteiger partial charge is 0.216 e. The van der Waals surface area contributed by atoms with Gasteiger partial charge in [0.15, 0.2) is 0 Å². The lowest BCUT2D eigenvalue weighted by Crippen LogP contribution is -2.20. The largest absolute Gasteiger partial charge is 0.385 e. The Bertz CT molecular complexity index is 115. The Morgan fingerprint density at radius 1 is 1.25 bits per heavy atom. The van der Waals surface area contributed by atoms with Crippen molar-refractivity contribution in [2.45, 2.75) is 32.6 Å². The van der Waals surface area contributed by atoms with Crippen molar-refractivity contribution in [3.63, 3.8) is 0 Å². The summed E-state index contributed by atoms with van der Waals surface area (Å²) in [5.41, 5.74) is 0. The molecule has 0 aromatic heterocycles. The Morgan fingerprint density at radius 2 is 1.92 bits per heavy atom. The Morgan fingerprint density at radius 3 is 2.50 bits per heavy atom. The minimum Gasteiger partial charge on any atom is -0.385 e. The first-order valence-electron chi connectivity index (χ1n) is 4.50. The number of carbonyl (C=O) groups is 1. The number of amides is 1. The van der Waals surface area contributed by atoms with Crippen LogP contribution in [0.2, 0.25) is 0 Å². The first kappa shape index (κ1) is 11.4. The number of nitrogens with one attached hydrogen (secondary N) is 1. The normalized spacial score (nSPS) is 9.83. The molecule has 0 rings (SSSR count). The van der Waals surface area contributed by atoms with Gasteiger partial charge in [0.2, 0.25) is 5.91 Å². The third-order valence-corrected chi connectivity index (χ3v) is 1.65. The molecule has 0 radical (unpaired) electrons. The monoisotopic (exact) mass is 173 g/mol. The molecular formula is C9H19NO2. The van der Waals surface area contributed by atoms with Crippen LogP contribution in [0.15, 0.2) is 0 Å². The molecule has 3 heteroatoms. The molecule has 12 heavy (non-hydrogen) atoms. The van der Waals surface area contributed by atoms with E-state index in [1.165, 1.54) is 12.8 Å². The second-order valence-corrected chi connectivity index (χ2v) is 2.89. The fraction of sp³-hybridized carbons (Fsp3) is 0.889. The maximum Gasteiger partial charge on any atom is 0.216 e. The molecule has 0 aliphatic rings. The highest BCUT2D eigenvalue weighted by Crippen LogP contribution is 1.98. The number of rotatable bonds is 7. The number of hydrogen-bond donors (Lipinski definition) is 1. The Hall–Kier alpha value is -0.570. The number of methoxy groups -OCH3 is 1. The van der Waals surface area contributed by atoms with Gasteiger partial charge in [-0.1, -0.05) is 12.8 Å². The van der Waals surface area contributed by atoms with Crippen molar-refractivity contribution in [1.82, 2.24) is 5.32 Å². The van der Waals surface area contributed by atoms with E-state index in [1.807, 2.05) is 0 Å². The van der Waals surface area contributed by atoms with Crippen LogP contribution in [-0.4, -0.2) is 26.2 Å². The number of unbranched alkanes of at least 4 members (excludes halogenated alkanes) is 3. The van der Waals surface area contributed by atoms with Gasteiger partial charge in [0.1, 0.15) is 0 Å². The molecule has 72 valence electrons. The van der Waals surface area contributed by atoms with E-state index >= 15 is 0 Å². The van der Waals surface area contributed by atoms with E-state index in [1.54, 1.807) is 14.0 Å². The first-order valence-corrected chi connectivity index (χ1v) is 4.50. The molecule has 0 fully saturated rings. The summed E-state index contributed by atoms with van der Waals surface area (Å²) in [5.74, 6) is 0.0619. The quantitative estimate of drug-likeness (QED) is 0.590. The SMILES string of the molecule is COCCCCCCNC(C)=O. The van der Waals surface area contributed by atoms with E-state index < -0.39 is 0 Å². The minimum absolute atomic E-state index is 0.0619. The number of hydrogen-bond acceptors (Lipinski definition) is 2. The van der Waals surface area contributed by atoms with Crippen LogP contribution in [0.3, 0.4) is 0 Å². The molecule has 1 amide bonds. The van der Waals surface area contributed by atoms with Crippen molar-refractivity contribution < 1.29 is 9.53 Å². The van der Waals surface area contributed by atoms with Gasteiger partial charge in [0.05, 0.1) is 0 Å². The van der Waals surface area contributed by atoms with Crippen molar-refractivity contribution in [1.29, 1.82) is 0 Å². The molecule has 0 bridgehead atoms. The average Bonchev–Trinajstić information content (AvgIpc) is 2.02. The molecular weight excluding hydrogens is 154 g/mol. The molecule has 1 N–H and O–H groups in total. The van der Waals surface area contributed by atoms with Crippen LogP contribution in [-0.2, 0) is 9.53 Å². The van der Waals surface area contributed by atoms with Gasteiger partial charge >= 0.3 is 0 Å². The Labute approximate surface area is 74.5 Å². The Balaban J connectivity index is 2.86. The summed E-state index contributed by atoms with van der Waals surface area (Å²) in [6.07, 6.45) is 4.55. The second-order valence-electron chi connectivity index (χ2n) is 2.89. The van der Waals surface area contributed by atoms with Gasteiger partial charge in [0, 0.05) is 27.2 Å². The van der Waals surface area contributed by atoms with Crippen LogP contribution in [0.1, 0.15) is 32.6 Å². The molecule has 0 spiro atoms. The maximum absolute atomic E-state index is 10.4. The zero-order chi connectivity index (χ0) is 9.23. The Kier molecular flexibility index (Phi) is 8.12. The lowest BCUT2D eigenvalue weighted by atomic mass is 10.2. The zero-order valence-corrected chi connectivity index (χ0v) is 8.06. The molecule has 0 aliphatic carbocycles. The molecule has 0 heterocycles. The van der Waals surface area contributed by atoms with Crippen LogP contribution in [0, 0.1) is 0 Å². The highest BCUT2D eigenvalue weighted by atomic mass is 16.5. The molecule has 0 aromatic carbocycles. The van der Waals surface area contributed by atoms with Crippen LogP contribution in [0.5, 0.6) is 0 Å². The number of carbonyl (C=O) groups excluding carboxylic acids is 1. The van der Waals surface area contributed by atoms with Crippen molar-refractivity contribution in [2.75, 3.05) is 20.3 Å². The van der Waals surface area contributed by atoms with Gasteiger partial charge in [-0.3, -0.25) is 4.79 Å². The predicted molar refractivity (Wildman–Crippen MR) is 49.0 cm³/mol. The molecule has 0 atom stereocenters. The molecule has 0 saturated heterocycles.